The van der Waals surface area contributed by atoms with Crippen molar-refractivity contribution in [2.75, 3.05) is 4.72 Å². The summed E-state index contributed by atoms with van der Waals surface area (Å²) in [6, 6.07) is 10.2. The largest absolute Gasteiger partial charge is 0.508 e. The summed E-state index contributed by atoms with van der Waals surface area (Å²) in [4.78, 5) is 17.8. The quantitative estimate of drug-likeness (QED) is 0.571. The summed E-state index contributed by atoms with van der Waals surface area (Å²) in [5.41, 5.74) is 0.712. The average molecular weight is 458 g/mol. The number of carbonyl (C=O) groups is 1. The zero-order valence-corrected chi connectivity index (χ0v) is 19.1. The molecule has 0 unspecified atom stereocenters. The van der Waals surface area contributed by atoms with E-state index in [1.54, 1.807) is 39.0 Å². The second-order valence-corrected chi connectivity index (χ2v) is 10.8. The van der Waals surface area contributed by atoms with Gasteiger partial charge in [-0.1, -0.05) is 12.8 Å². The monoisotopic (exact) mass is 457 g/mol. The first-order chi connectivity index (χ1) is 15.0. The summed E-state index contributed by atoms with van der Waals surface area (Å²) in [6.45, 7) is 5.41. The van der Waals surface area contributed by atoms with Crippen LogP contribution in [0.25, 0.3) is 11.0 Å². The highest BCUT2D eigenvalue weighted by Gasteiger charge is 2.29. The van der Waals surface area contributed by atoms with E-state index in [-0.39, 0.29) is 16.6 Å². The minimum atomic E-state index is -3.88. The van der Waals surface area contributed by atoms with Crippen molar-refractivity contribution in [1.82, 2.24) is 9.55 Å². The van der Waals surface area contributed by atoms with Crippen molar-refractivity contribution in [2.45, 2.75) is 62.9 Å². The fraction of sp³-hybridized carbons (Fsp3) is 0.391. The number of phenols is 1. The average Bonchev–Trinajstić information content (AvgIpc) is 3.34. The summed E-state index contributed by atoms with van der Waals surface area (Å²) in [6.07, 6.45) is 3.54. The molecule has 0 spiro atoms. The van der Waals surface area contributed by atoms with Crippen molar-refractivity contribution in [2.24, 2.45) is 0 Å². The minimum absolute atomic E-state index is 0.0164. The van der Waals surface area contributed by atoms with Gasteiger partial charge in [-0.3, -0.25) is 4.72 Å². The molecule has 0 aliphatic heterocycles. The maximum Gasteiger partial charge on any atom is 0.420 e. The molecule has 32 heavy (non-hydrogen) atoms. The van der Waals surface area contributed by atoms with Crippen LogP contribution in [-0.4, -0.2) is 34.8 Å². The zero-order valence-electron chi connectivity index (χ0n) is 18.3. The van der Waals surface area contributed by atoms with Crippen LogP contribution in [-0.2, 0) is 14.8 Å². The van der Waals surface area contributed by atoms with Crippen LogP contribution in [0, 0.1) is 0 Å². The number of carbonyl (C=O) groups excluding carboxylic acids is 1. The van der Waals surface area contributed by atoms with Crippen molar-refractivity contribution in [1.29, 1.82) is 0 Å². The number of benzene rings is 2. The molecule has 3 aromatic rings. The lowest BCUT2D eigenvalue weighted by atomic mass is 10.1. The van der Waals surface area contributed by atoms with E-state index in [2.05, 4.69) is 4.72 Å². The molecule has 2 aromatic carbocycles. The third kappa shape index (κ3) is 4.57. The molecule has 4 rings (SSSR count). The molecule has 0 bridgehead atoms. The number of imidazole rings is 1. The molecule has 1 aliphatic rings. The number of ether oxygens (including phenoxy) is 1. The number of nitrogens with one attached hydrogen (secondary N) is 1. The highest BCUT2D eigenvalue weighted by atomic mass is 32.2. The Morgan fingerprint density at radius 2 is 1.78 bits per heavy atom. The number of hydrogen-bond donors (Lipinski definition) is 2. The van der Waals surface area contributed by atoms with E-state index < -0.39 is 21.7 Å². The van der Waals surface area contributed by atoms with Gasteiger partial charge >= 0.3 is 6.09 Å². The van der Waals surface area contributed by atoms with E-state index in [0.29, 0.717) is 22.5 Å². The standard InChI is InChI=1S/C23H27N3O5S/c1-23(2,3)31-22(28)26-20-14-16(25-32(29,30)18-11-9-17(27)10-12-18)8-13-19(20)24-21(26)15-6-4-5-7-15/h8-15,25,27H,4-7H2,1-3H3. The van der Waals surface area contributed by atoms with Crippen LogP contribution in [0.5, 0.6) is 5.75 Å². The number of hydrogen-bond acceptors (Lipinski definition) is 6. The predicted octanol–water partition coefficient (Wildman–Crippen LogP) is 4.98. The number of fused-ring (bicyclic) bond motifs is 1. The van der Waals surface area contributed by atoms with E-state index in [9.17, 15) is 18.3 Å². The molecule has 0 amide bonds. The molecule has 9 heteroatoms. The second kappa shape index (κ2) is 8.12. The highest BCUT2D eigenvalue weighted by molar-refractivity contribution is 7.92. The number of aromatic hydroxyl groups is 1. The van der Waals surface area contributed by atoms with E-state index in [1.807, 2.05) is 0 Å². The Morgan fingerprint density at radius 1 is 1.12 bits per heavy atom. The molecule has 0 radical (unpaired) electrons. The Morgan fingerprint density at radius 3 is 2.41 bits per heavy atom. The summed E-state index contributed by atoms with van der Waals surface area (Å²) in [5.74, 6) is 0.795. The van der Waals surface area contributed by atoms with Crippen molar-refractivity contribution < 1.29 is 23.1 Å². The van der Waals surface area contributed by atoms with Gasteiger partial charge in [-0.05, 0) is 76.1 Å². The van der Waals surface area contributed by atoms with Crippen LogP contribution in [0.2, 0.25) is 0 Å². The third-order valence-electron chi connectivity index (χ3n) is 5.38. The second-order valence-electron chi connectivity index (χ2n) is 9.07. The smallest absolute Gasteiger partial charge is 0.420 e. The molecule has 0 atom stereocenters. The molecule has 1 saturated carbocycles. The molecule has 170 valence electrons. The molecule has 1 aromatic heterocycles. The van der Waals surface area contributed by atoms with E-state index in [1.165, 1.54) is 28.8 Å². The van der Waals surface area contributed by atoms with Crippen LogP contribution >= 0.6 is 0 Å². The maximum absolute atomic E-state index is 13.1. The van der Waals surface area contributed by atoms with Gasteiger partial charge in [0.15, 0.2) is 0 Å². The van der Waals surface area contributed by atoms with Gasteiger partial charge < -0.3 is 9.84 Å². The van der Waals surface area contributed by atoms with E-state index in [4.69, 9.17) is 9.72 Å². The number of sulfonamides is 1. The van der Waals surface area contributed by atoms with E-state index in [0.717, 1.165) is 25.7 Å². The van der Waals surface area contributed by atoms with Gasteiger partial charge in [-0.15, -0.1) is 0 Å². The van der Waals surface area contributed by atoms with Gasteiger partial charge in [0, 0.05) is 5.92 Å². The predicted molar refractivity (Wildman–Crippen MR) is 121 cm³/mol. The van der Waals surface area contributed by atoms with E-state index >= 15 is 0 Å². The summed E-state index contributed by atoms with van der Waals surface area (Å²) in [7, 11) is -3.88. The summed E-state index contributed by atoms with van der Waals surface area (Å²) in [5, 5.41) is 9.42. The molecule has 1 heterocycles. The SMILES string of the molecule is CC(C)(C)OC(=O)n1c(C2CCCC2)nc2ccc(NS(=O)(=O)c3ccc(O)cc3)cc21. The lowest BCUT2D eigenvalue weighted by Gasteiger charge is -2.21. The zero-order chi connectivity index (χ0) is 23.1. The first-order valence-corrected chi connectivity index (χ1v) is 12.1. The van der Waals surface area contributed by atoms with Crippen LogP contribution in [0.15, 0.2) is 47.4 Å². The Bertz CT molecular complexity index is 1250. The molecule has 0 saturated heterocycles. The number of anilines is 1. The normalized spacial score (nSPS) is 15.2. The lowest BCUT2D eigenvalue weighted by Crippen LogP contribution is -2.28. The van der Waals surface area contributed by atoms with Gasteiger partial charge in [0.1, 0.15) is 17.2 Å². The molecule has 8 nitrogen and oxygen atoms in total. The summed E-state index contributed by atoms with van der Waals surface area (Å²) < 4.78 is 35.2. The van der Waals surface area contributed by atoms with Gasteiger partial charge in [0.2, 0.25) is 0 Å². The van der Waals surface area contributed by atoms with Crippen molar-refractivity contribution in [3.05, 3.63) is 48.3 Å². The Balaban J connectivity index is 1.76. The van der Waals surface area contributed by atoms with Crippen LogP contribution in [0.1, 0.15) is 58.2 Å². The lowest BCUT2D eigenvalue weighted by molar-refractivity contribution is 0.0537. The molecule has 1 aliphatic carbocycles. The van der Waals surface area contributed by atoms with Crippen LogP contribution in [0.3, 0.4) is 0 Å². The van der Waals surface area contributed by atoms with Crippen LogP contribution < -0.4 is 4.72 Å². The number of nitrogens with zero attached hydrogens (tertiary/aromatic N) is 2. The first-order valence-electron chi connectivity index (χ1n) is 10.6. The van der Waals surface area contributed by atoms with Crippen molar-refractivity contribution in [3.8, 4) is 5.75 Å². The van der Waals surface area contributed by atoms with Crippen molar-refractivity contribution in [3.63, 3.8) is 0 Å². The van der Waals surface area contributed by atoms with Crippen molar-refractivity contribution >= 4 is 32.8 Å². The molecular formula is C23H27N3O5S. The Hall–Kier alpha value is -3.07. The Labute approximate surface area is 187 Å². The van der Waals surface area contributed by atoms with Gasteiger partial charge in [-0.2, -0.15) is 0 Å². The fourth-order valence-electron chi connectivity index (χ4n) is 3.95. The first kappa shape index (κ1) is 22.1. The molecule has 1 fully saturated rings. The van der Waals surface area contributed by atoms with Gasteiger partial charge in [0.05, 0.1) is 21.6 Å². The maximum atomic E-state index is 13.1. The minimum Gasteiger partial charge on any atom is -0.508 e. The number of aromatic nitrogens is 2. The number of rotatable bonds is 4. The van der Waals surface area contributed by atoms with Gasteiger partial charge in [0.25, 0.3) is 10.0 Å². The fourth-order valence-corrected chi connectivity index (χ4v) is 5.00. The highest BCUT2D eigenvalue weighted by Crippen LogP contribution is 2.36. The number of phenolic OH excluding ortho intramolecular Hbond substituents is 1. The van der Waals surface area contributed by atoms with Crippen LogP contribution in [0.4, 0.5) is 10.5 Å². The Kier molecular flexibility index (Phi) is 5.62. The van der Waals surface area contributed by atoms with Gasteiger partial charge in [-0.25, -0.2) is 22.8 Å². The molecular weight excluding hydrogens is 430 g/mol. The third-order valence-corrected chi connectivity index (χ3v) is 6.77. The topological polar surface area (TPSA) is 111 Å². The summed E-state index contributed by atoms with van der Waals surface area (Å²) >= 11 is 0. The molecule has 2 N–H and O–H groups in total.